The summed E-state index contributed by atoms with van der Waals surface area (Å²) in [5.41, 5.74) is 7.86. The molecule has 0 bridgehead atoms. The van der Waals surface area contributed by atoms with Gasteiger partial charge in [0.05, 0.1) is 26.7 Å². The highest BCUT2D eigenvalue weighted by Gasteiger charge is 2.56. The largest absolute Gasteiger partial charge is 0.493 e. The monoisotopic (exact) mass is 513 g/mol. The summed E-state index contributed by atoms with van der Waals surface area (Å²) in [6.07, 6.45) is 2.39. The van der Waals surface area contributed by atoms with Crippen LogP contribution in [0.25, 0.3) is 11.2 Å². The molecule has 0 saturated carbocycles. The maximum Gasteiger partial charge on any atom is 0.311 e. The normalized spacial score (nSPS) is 24.3. The van der Waals surface area contributed by atoms with Crippen LogP contribution in [0, 0.1) is 0 Å². The SMILES string of the molecule is CCCC(=O)Oc1ccc(COC[C@H]2O[C@@H](n3cnc4c(N)ncnc43)[C@@H]3OC(C)(C)O[C@@H]32)cc1OC. The van der Waals surface area contributed by atoms with Crippen molar-refractivity contribution < 1.29 is 33.2 Å². The molecule has 37 heavy (non-hydrogen) atoms. The fourth-order valence-electron chi connectivity index (χ4n) is 4.63. The standard InChI is InChI=1S/C25H31N5O7/c1-5-6-18(31)34-15-8-7-14(9-16(15)32-4)10-33-11-17-20-21(37-25(2,3)36-20)24(35-17)30-13-29-19-22(26)27-12-28-23(19)30/h7-9,12-13,17,20-21,24H,5-6,10-11H2,1-4H3,(H2,26,27,28)/t17-,20-,21-,24-/m1/s1. The average Bonchev–Trinajstić information content (AvgIpc) is 3.52. The molecule has 0 unspecified atom stereocenters. The minimum Gasteiger partial charge on any atom is -0.493 e. The Kier molecular flexibility index (Phi) is 6.99. The maximum absolute atomic E-state index is 11.9. The van der Waals surface area contributed by atoms with Crippen LogP contribution in [0.2, 0.25) is 0 Å². The second-order valence-corrected chi connectivity index (χ2v) is 9.44. The Morgan fingerprint density at radius 2 is 1.97 bits per heavy atom. The van der Waals surface area contributed by atoms with E-state index < -0.39 is 24.2 Å². The number of anilines is 1. The van der Waals surface area contributed by atoms with E-state index in [2.05, 4.69) is 15.0 Å². The number of fused-ring (bicyclic) bond motifs is 2. The third-order valence-corrected chi connectivity index (χ3v) is 6.24. The summed E-state index contributed by atoms with van der Waals surface area (Å²) < 4.78 is 37.3. The molecule has 0 amide bonds. The van der Waals surface area contributed by atoms with E-state index in [1.165, 1.54) is 13.4 Å². The van der Waals surface area contributed by atoms with E-state index in [1.54, 1.807) is 23.0 Å². The number of hydrogen-bond donors (Lipinski definition) is 1. The van der Waals surface area contributed by atoms with Crippen LogP contribution in [0.15, 0.2) is 30.9 Å². The smallest absolute Gasteiger partial charge is 0.311 e. The molecule has 3 aromatic rings. The highest BCUT2D eigenvalue weighted by molar-refractivity contribution is 5.81. The summed E-state index contributed by atoms with van der Waals surface area (Å²) in [6, 6.07) is 5.32. The Labute approximate surface area is 214 Å². The Hall–Kier alpha value is -3.32. The van der Waals surface area contributed by atoms with Gasteiger partial charge in [0.15, 0.2) is 35.0 Å². The van der Waals surface area contributed by atoms with Gasteiger partial charge in [-0.25, -0.2) is 15.0 Å². The van der Waals surface area contributed by atoms with Crippen molar-refractivity contribution in [3.8, 4) is 11.5 Å². The van der Waals surface area contributed by atoms with Crippen LogP contribution in [0.1, 0.15) is 45.4 Å². The van der Waals surface area contributed by atoms with Gasteiger partial charge in [0.2, 0.25) is 0 Å². The molecular weight excluding hydrogens is 482 g/mol. The van der Waals surface area contributed by atoms with Gasteiger partial charge in [-0.15, -0.1) is 0 Å². The first-order valence-corrected chi connectivity index (χ1v) is 12.2. The molecule has 12 heteroatoms. The summed E-state index contributed by atoms with van der Waals surface area (Å²) in [5.74, 6) is 0.0615. The number of aromatic nitrogens is 4. The van der Waals surface area contributed by atoms with Crippen molar-refractivity contribution in [2.75, 3.05) is 19.5 Å². The summed E-state index contributed by atoms with van der Waals surface area (Å²) in [7, 11) is 1.53. The number of benzene rings is 1. The summed E-state index contributed by atoms with van der Waals surface area (Å²) in [6.45, 7) is 6.21. The lowest BCUT2D eigenvalue weighted by Gasteiger charge is -2.24. The number of hydrogen-bond acceptors (Lipinski definition) is 11. The fraction of sp³-hybridized carbons (Fsp3) is 0.520. The molecule has 4 atom stereocenters. The van der Waals surface area contributed by atoms with E-state index in [9.17, 15) is 4.79 Å². The number of carbonyl (C=O) groups excluding carboxylic acids is 1. The molecule has 0 radical (unpaired) electrons. The molecule has 0 spiro atoms. The molecule has 0 aliphatic carbocycles. The molecule has 198 valence electrons. The Balaban J connectivity index is 1.27. The minimum atomic E-state index is -0.779. The van der Waals surface area contributed by atoms with Crippen LogP contribution in [-0.2, 0) is 30.3 Å². The number of carbonyl (C=O) groups is 1. The molecule has 1 aromatic carbocycles. The van der Waals surface area contributed by atoms with Crippen molar-refractivity contribution in [2.45, 2.75) is 70.5 Å². The van der Waals surface area contributed by atoms with Gasteiger partial charge in [0.1, 0.15) is 30.2 Å². The van der Waals surface area contributed by atoms with Crippen molar-refractivity contribution in [2.24, 2.45) is 0 Å². The van der Waals surface area contributed by atoms with Gasteiger partial charge in [-0.2, -0.15) is 0 Å². The van der Waals surface area contributed by atoms with Crippen molar-refractivity contribution in [3.63, 3.8) is 0 Å². The van der Waals surface area contributed by atoms with E-state index in [0.717, 1.165) is 5.56 Å². The number of imidazole rings is 1. The highest BCUT2D eigenvalue weighted by Crippen LogP contribution is 2.44. The van der Waals surface area contributed by atoms with Gasteiger partial charge >= 0.3 is 5.97 Å². The molecule has 5 rings (SSSR count). The van der Waals surface area contributed by atoms with Crippen LogP contribution in [0.3, 0.4) is 0 Å². The molecule has 2 aromatic heterocycles. The summed E-state index contributed by atoms with van der Waals surface area (Å²) in [5, 5.41) is 0. The van der Waals surface area contributed by atoms with Crippen LogP contribution in [-0.4, -0.2) is 63.3 Å². The Morgan fingerprint density at radius 3 is 2.76 bits per heavy atom. The van der Waals surface area contributed by atoms with E-state index in [-0.39, 0.29) is 18.7 Å². The molecule has 12 nitrogen and oxygen atoms in total. The number of nitrogens with two attached hydrogens (primary N) is 1. The van der Waals surface area contributed by atoms with E-state index >= 15 is 0 Å². The van der Waals surface area contributed by atoms with Crippen LogP contribution >= 0.6 is 0 Å². The zero-order chi connectivity index (χ0) is 26.2. The van der Waals surface area contributed by atoms with Crippen molar-refractivity contribution >= 4 is 23.0 Å². The molecular formula is C25H31N5O7. The number of rotatable bonds is 9. The minimum absolute atomic E-state index is 0.260. The zero-order valence-corrected chi connectivity index (χ0v) is 21.2. The van der Waals surface area contributed by atoms with E-state index in [4.69, 9.17) is 34.2 Å². The lowest BCUT2D eigenvalue weighted by atomic mass is 10.1. The summed E-state index contributed by atoms with van der Waals surface area (Å²) >= 11 is 0. The van der Waals surface area contributed by atoms with Gasteiger partial charge in [-0.05, 0) is 38.0 Å². The van der Waals surface area contributed by atoms with Gasteiger partial charge in [0.25, 0.3) is 0 Å². The Morgan fingerprint density at radius 1 is 1.16 bits per heavy atom. The molecule has 2 aliphatic heterocycles. The molecule has 2 saturated heterocycles. The second kappa shape index (κ2) is 10.2. The van der Waals surface area contributed by atoms with Crippen molar-refractivity contribution in [1.82, 2.24) is 19.5 Å². The highest BCUT2D eigenvalue weighted by atomic mass is 16.8. The van der Waals surface area contributed by atoms with Crippen LogP contribution < -0.4 is 15.2 Å². The van der Waals surface area contributed by atoms with Gasteiger partial charge in [0, 0.05) is 6.42 Å². The van der Waals surface area contributed by atoms with Crippen molar-refractivity contribution in [3.05, 3.63) is 36.4 Å². The zero-order valence-electron chi connectivity index (χ0n) is 21.2. The van der Waals surface area contributed by atoms with Crippen molar-refractivity contribution in [1.29, 1.82) is 0 Å². The van der Waals surface area contributed by atoms with Crippen LogP contribution in [0.5, 0.6) is 11.5 Å². The molecule has 2 N–H and O–H groups in total. The lowest BCUT2D eigenvalue weighted by molar-refractivity contribution is -0.202. The second-order valence-electron chi connectivity index (χ2n) is 9.44. The first-order chi connectivity index (χ1) is 17.8. The van der Waals surface area contributed by atoms with E-state index in [1.807, 2.05) is 26.8 Å². The van der Waals surface area contributed by atoms with Crippen LogP contribution in [0.4, 0.5) is 5.82 Å². The third kappa shape index (κ3) is 5.10. The molecule has 4 heterocycles. The number of esters is 1. The maximum atomic E-state index is 11.9. The quantitative estimate of drug-likeness (QED) is 0.333. The predicted octanol–water partition coefficient (Wildman–Crippen LogP) is 2.76. The summed E-state index contributed by atoms with van der Waals surface area (Å²) in [4.78, 5) is 24.6. The average molecular weight is 514 g/mol. The predicted molar refractivity (Wildman–Crippen MR) is 131 cm³/mol. The number of nitrogens with zero attached hydrogens (tertiary/aromatic N) is 4. The number of methoxy groups -OCH3 is 1. The first kappa shape index (κ1) is 25.3. The molecule has 2 aliphatic rings. The third-order valence-electron chi connectivity index (χ3n) is 6.24. The fourth-order valence-corrected chi connectivity index (χ4v) is 4.63. The van der Waals surface area contributed by atoms with Gasteiger partial charge in [-0.3, -0.25) is 9.36 Å². The number of ether oxygens (including phenoxy) is 6. The lowest BCUT2D eigenvalue weighted by Crippen LogP contribution is -2.32. The Bertz CT molecular complexity index is 1280. The first-order valence-electron chi connectivity index (χ1n) is 12.2. The van der Waals surface area contributed by atoms with Gasteiger partial charge < -0.3 is 34.2 Å². The molecule has 2 fully saturated rings. The number of nitrogen functional groups attached to an aromatic ring is 1. The van der Waals surface area contributed by atoms with Gasteiger partial charge in [-0.1, -0.05) is 13.0 Å². The topological polar surface area (TPSA) is 142 Å². The van der Waals surface area contributed by atoms with E-state index in [0.29, 0.717) is 47.9 Å².